The maximum atomic E-state index is 16.6. The van der Waals surface area contributed by atoms with Gasteiger partial charge >= 0.3 is 0 Å². The molecule has 0 heterocycles. The van der Waals surface area contributed by atoms with Crippen molar-refractivity contribution in [2.45, 2.75) is 0 Å². The van der Waals surface area contributed by atoms with E-state index in [2.05, 4.69) is 0 Å². The number of hydrogen-bond donors (Lipinski definition) is 0. The Hall–Kier alpha value is -6.52. The third kappa shape index (κ3) is 4.54. The molecule has 0 aliphatic heterocycles. The first kappa shape index (κ1) is 30.3. The smallest absolute Gasteiger partial charge is 0.170 e. The van der Waals surface area contributed by atoms with Crippen LogP contribution in [0.5, 0.6) is 0 Å². The molecular formula is C48H26F4. The van der Waals surface area contributed by atoms with Crippen LogP contribution >= 0.6 is 0 Å². The molecule has 246 valence electrons. The van der Waals surface area contributed by atoms with Gasteiger partial charge in [-0.05, 0) is 118 Å². The van der Waals surface area contributed by atoms with Crippen molar-refractivity contribution in [1.82, 2.24) is 0 Å². The minimum absolute atomic E-state index is 0.0308. The van der Waals surface area contributed by atoms with Crippen LogP contribution in [-0.2, 0) is 0 Å². The standard InChI is InChI=1S/C48H26F4/c49-45-43(35-22-31-20-18-29-12-5-13-30-19-21-32(23-35)42(31)41(29)30)46(50)48(52)44(47(45)51)36-25-33(39-16-6-10-27-8-1-3-14-37(27)39)24-34(26-36)40-17-7-11-28-9-2-4-15-38(28)40/h1-26H. The Morgan fingerprint density at radius 1 is 0.269 bits per heavy atom. The molecule has 4 heteroatoms. The Labute approximate surface area is 296 Å². The van der Waals surface area contributed by atoms with Gasteiger partial charge in [0.25, 0.3) is 0 Å². The van der Waals surface area contributed by atoms with Gasteiger partial charge in [-0.1, -0.05) is 127 Å². The van der Waals surface area contributed by atoms with E-state index in [4.69, 9.17) is 0 Å². The highest BCUT2D eigenvalue weighted by atomic mass is 19.2. The van der Waals surface area contributed by atoms with Gasteiger partial charge in [0.1, 0.15) is 0 Å². The highest BCUT2D eigenvalue weighted by molar-refractivity contribution is 6.23. The van der Waals surface area contributed by atoms with Crippen molar-refractivity contribution in [2.24, 2.45) is 0 Å². The summed E-state index contributed by atoms with van der Waals surface area (Å²) in [5.74, 6) is -5.77. The number of fused-ring (bicyclic) bond motifs is 2. The zero-order valence-electron chi connectivity index (χ0n) is 27.5. The molecule has 0 saturated carbocycles. The van der Waals surface area contributed by atoms with E-state index in [1.165, 1.54) is 0 Å². The Morgan fingerprint density at radius 3 is 1.12 bits per heavy atom. The lowest BCUT2D eigenvalue weighted by Crippen LogP contribution is -2.04. The van der Waals surface area contributed by atoms with Gasteiger partial charge in [-0.2, -0.15) is 0 Å². The van der Waals surface area contributed by atoms with Crippen LogP contribution in [0.2, 0.25) is 0 Å². The van der Waals surface area contributed by atoms with Crippen molar-refractivity contribution >= 4 is 53.9 Å². The summed E-state index contributed by atoms with van der Waals surface area (Å²) in [6.07, 6.45) is 0. The quantitative estimate of drug-likeness (QED) is 0.0987. The normalized spacial score (nSPS) is 11.8. The van der Waals surface area contributed by atoms with E-state index in [1.807, 2.05) is 133 Å². The number of hydrogen-bond acceptors (Lipinski definition) is 0. The molecule has 0 aliphatic rings. The maximum Gasteiger partial charge on any atom is 0.170 e. The summed E-state index contributed by atoms with van der Waals surface area (Å²) in [5.41, 5.74) is 1.58. The Balaban J connectivity index is 1.21. The van der Waals surface area contributed by atoms with E-state index >= 15 is 17.6 Å². The van der Waals surface area contributed by atoms with Gasteiger partial charge in [-0.3, -0.25) is 0 Å². The van der Waals surface area contributed by atoms with Gasteiger partial charge < -0.3 is 0 Å². The summed E-state index contributed by atoms with van der Waals surface area (Å²) in [7, 11) is 0. The fraction of sp³-hybridized carbons (Fsp3) is 0. The summed E-state index contributed by atoms with van der Waals surface area (Å²) >= 11 is 0. The van der Waals surface area contributed by atoms with E-state index in [1.54, 1.807) is 24.3 Å². The minimum atomic E-state index is -1.45. The van der Waals surface area contributed by atoms with E-state index in [9.17, 15) is 0 Å². The predicted molar refractivity (Wildman–Crippen MR) is 207 cm³/mol. The zero-order valence-corrected chi connectivity index (χ0v) is 27.5. The van der Waals surface area contributed by atoms with Crippen molar-refractivity contribution in [3.8, 4) is 44.5 Å². The first-order valence-corrected chi connectivity index (χ1v) is 17.1. The number of rotatable bonds is 4. The highest BCUT2D eigenvalue weighted by Gasteiger charge is 2.28. The summed E-state index contributed by atoms with van der Waals surface area (Å²) < 4.78 is 66.0. The summed E-state index contributed by atoms with van der Waals surface area (Å²) in [4.78, 5) is 0. The van der Waals surface area contributed by atoms with Gasteiger partial charge in [0, 0.05) is 0 Å². The Morgan fingerprint density at radius 2 is 0.615 bits per heavy atom. The molecule has 0 aliphatic carbocycles. The molecule has 10 rings (SSSR count). The van der Waals surface area contributed by atoms with Crippen LogP contribution < -0.4 is 0 Å². The lowest BCUT2D eigenvalue weighted by molar-refractivity contribution is 0.463. The molecule has 0 nitrogen and oxygen atoms in total. The average molecular weight is 679 g/mol. The molecule has 0 fully saturated rings. The van der Waals surface area contributed by atoms with E-state index in [0.717, 1.165) is 65.0 Å². The molecule has 0 spiro atoms. The molecule has 0 saturated heterocycles. The zero-order chi connectivity index (χ0) is 35.1. The molecule has 0 unspecified atom stereocenters. The highest BCUT2D eigenvalue weighted by Crippen LogP contribution is 2.44. The van der Waals surface area contributed by atoms with Crippen LogP contribution in [-0.4, -0.2) is 0 Å². The summed E-state index contributed by atoms with van der Waals surface area (Å²) in [5, 5.41) is 9.35. The molecule has 10 aromatic carbocycles. The molecule has 0 aromatic heterocycles. The minimum Gasteiger partial charge on any atom is -0.203 e. The molecule has 0 bridgehead atoms. The molecule has 52 heavy (non-hydrogen) atoms. The van der Waals surface area contributed by atoms with Gasteiger partial charge in [0.05, 0.1) is 11.1 Å². The van der Waals surface area contributed by atoms with Gasteiger partial charge in [-0.15, -0.1) is 0 Å². The molecule has 10 aromatic rings. The molecule has 0 radical (unpaired) electrons. The summed E-state index contributed by atoms with van der Waals surface area (Å²) in [6, 6.07) is 49.5. The number of halogens is 4. The van der Waals surface area contributed by atoms with Crippen molar-refractivity contribution in [1.29, 1.82) is 0 Å². The van der Waals surface area contributed by atoms with Crippen LogP contribution in [0.15, 0.2) is 158 Å². The fourth-order valence-electron chi connectivity index (χ4n) is 8.07. The van der Waals surface area contributed by atoms with E-state index in [0.29, 0.717) is 11.1 Å². The molecule has 0 amide bonds. The maximum absolute atomic E-state index is 16.6. The van der Waals surface area contributed by atoms with E-state index in [-0.39, 0.29) is 11.1 Å². The number of benzene rings is 10. The molecular weight excluding hydrogens is 653 g/mol. The first-order valence-electron chi connectivity index (χ1n) is 17.1. The Bertz CT molecular complexity index is 2870. The van der Waals surface area contributed by atoms with Crippen LogP contribution in [0, 0.1) is 23.3 Å². The Kier molecular flexibility index (Phi) is 6.71. The predicted octanol–water partition coefficient (Wildman–Crippen LogP) is 14.1. The lowest BCUT2D eigenvalue weighted by atomic mass is 9.88. The summed E-state index contributed by atoms with van der Waals surface area (Å²) in [6.45, 7) is 0. The molecule has 0 N–H and O–H groups in total. The largest absolute Gasteiger partial charge is 0.203 e. The van der Waals surface area contributed by atoms with Gasteiger partial charge in [0.2, 0.25) is 0 Å². The van der Waals surface area contributed by atoms with Crippen molar-refractivity contribution in [2.75, 3.05) is 0 Å². The van der Waals surface area contributed by atoms with Crippen LogP contribution in [0.25, 0.3) is 98.4 Å². The third-order valence-corrected chi connectivity index (χ3v) is 10.4. The van der Waals surface area contributed by atoms with Crippen molar-refractivity contribution < 1.29 is 17.6 Å². The average Bonchev–Trinajstić information content (AvgIpc) is 3.19. The topological polar surface area (TPSA) is 0 Å². The second-order valence-electron chi connectivity index (χ2n) is 13.4. The fourth-order valence-corrected chi connectivity index (χ4v) is 8.07. The second-order valence-corrected chi connectivity index (χ2v) is 13.4. The van der Waals surface area contributed by atoms with Crippen molar-refractivity contribution in [3.05, 3.63) is 181 Å². The third-order valence-electron chi connectivity index (χ3n) is 10.4. The molecule has 0 atom stereocenters. The first-order chi connectivity index (χ1) is 25.4. The monoisotopic (exact) mass is 678 g/mol. The van der Waals surface area contributed by atoms with E-state index < -0.39 is 34.4 Å². The SMILES string of the molecule is Fc1c(F)c(-c2cc3ccc4cccc5ccc(c2)c3c45)c(F)c(F)c1-c1cc(-c2cccc3ccccc23)cc(-c2cccc3ccccc23)c1. The van der Waals surface area contributed by atoms with Crippen molar-refractivity contribution in [3.63, 3.8) is 0 Å². The lowest BCUT2D eigenvalue weighted by Gasteiger charge is -2.17. The van der Waals surface area contributed by atoms with Crippen LogP contribution in [0.3, 0.4) is 0 Å². The van der Waals surface area contributed by atoms with Gasteiger partial charge in [-0.25, -0.2) is 17.6 Å². The van der Waals surface area contributed by atoms with Crippen LogP contribution in [0.1, 0.15) is 0 Å². The van der Waals surface area contributed by atoms with Crippen LogP contribution in [0.4, 0.5) is 17.6 Å². The second kappa shape index (κ2) is 11.5. The van der Waals surface area contributed by atoms with Gasteiger partial charge in [0.15, 0.2) is 23.3 Å².